The van der Waals surface area contributed by atoms with Gasteiger partial charge in [0.15, 0.2) is 5.82 Å². The predicted molar refractivity (Wildman–Crippen MR) is 117 cm³/mol. The maximum atomic E-state index is 12.8. The second-order valence-electron chi connectivity index (χ2n) is 10.1. The summed E-state index contributed by atoms with van der Waals surface area (Å²) in [5.41, 5.74) is 0.998. The molecule has 4 saturated carbocycles. The predicted octanol–water partition coefficient (Wildman–Crippen LogP) is 3.31. The van der Waals surface area contributed by atoms with Crippen LogP contribution in [0.3, 0.4) is 0 Å². The van der Waals surface area contributed by atoms with Crippen LogP contribution in [0.4, 0.5) is 0 Å². The summed E-state index contributed by atoms with van der Waals surface area (Å²) in [5, 5.41) is 2.89. The van der Waals surface area contributed by atoms with E-state index in [-0.39, 0.29) is 17.6 Å². The van der Waals surface area contributed by atoms with Crippen molar-refractivity contribution in [2.45, 2.75) is 65.3 Å². The molecule has 2 aromatic heterocycles. The molecule has 0 unspecified atom stereocenters. The normalized spacial score (nSPS) is 30.7. The summed E-state index contributed by atoms with van der Waals surface area (Å²) in [6.07, 6.45) is 8.54. The molecule has 0 saturated heterocycles. The van der Waals surface area contributed by atoms with Crippen molar-refractivity contribution < 1.29 is 14.8 Å². The fraction of sp³-hybridized carbons (Fsp3) is 0.696. The number of hydrogen-bond donors (Lipinski definition) is 2. The number of nitrogens with one attached hydrogen (secondary N) is 1. The Bertz CT molecular complexity index is 1000. The molecule has 4 fully saturated rings. The largest absolute Gasteiger partial charge is 0.462 e. The van der Waals surface area contributed by atoms with Gasteiger partial charge in [-0.1, -0.05) is 0 Å². The molecule has 1 atom stereocenters. The van der Waals surface area contributed by atoms with Crippen LogP contribution >= 0.6 is 11.3 Å². The van der Waals surface area contributed by atoms with Crippen molar-refractivity contribution in [3.63, 3.8) is 0 Å². The lowest BCUT2D eigenvalue weighted by Crippen LogP contribution is -2.88. The molecule has 3 N–H and O–H groups in total. The van der Waals surface area contributed by atoms with E-state index in [4.69, 9.17) is 9.72 Å². The summed E-state index contributed by atoms with van der Waals surface area (Å²) in [5.74, 6) is 3.17. The number of H-pyrrole nitrogens is 1. The average molecular weight is 431 g/mol. The van der Waals surface area contributed by atoms with E-state index < -0.39 is 0 Å². The van der Waals surface area contributed by atoms with E-state index >= 15 is 0 Å². The maximum absolute atomic E-state index is 12.8. The van der Waals surface area contributed by atoms with Crippen LogP contribution in [0, 0.1) is 30.1 Å². The van der Waals surface area contributed by atoms with Gasteiger partial charge in [0.05, 0.1) is 18.5 Å². The Balaban J connectivity index is 1.36. The number of ether oxygens (including phenoxy) is 1. The van der Waals surface area contributed by atoms with Crippen molar-refractivity contribution in [1.29, 1.82) is 0 Å². The van der Waals surface area contributed by atoms with E-state index in [1.54, 1.807) is 13.8 Å². The summed E-state index contributed by atoms with van der Waals surface area (Å²) < 4.78 is 5.14. The van der Waals surface area contributed by atoms with Gasteiger partial charge < -0.3 is 15.0 Å². The number of esters is 1. The molecule has 7 heteroatoms. The number of thiophene rings is 1. The van der Waals surface area contributed by atoms with Crippen LogP contribution < -0.4 is 10.9 Å². The number of rotatable bonds is 6. The maximum Gasteiger partial charge on any atom is 0.348 e. The topological polar surface area (TPSA) is 88.7 Å². The summed E-state index contributed by atoms with van der Waals surface area (Å²) in [7, 11) is 0. The number of quaternary nitrogens is 1. The van der Waals surface area contributed by atoms with Crippen molar-refractivity contribution in [2.24, 2.45) is 23.2 Å². The van der Waals surface area contributed by atoms with Gasteiger partial charge >= 0.3 is 5.97 Å². The first-order chi connectivity index (χ1) is 14.4. The second-order valence-corrected chi connectivity index (χ2v) is 11.1. The van der Waals surface area contributed by atoms with Crippen LogP contribution in [0.5, 0.6) is 0 Å². The summed E-state index contributed by atoms with van der Waals surface area (Å²) >= 11 is 1.26. The zero-order valence-corrected chi connectivity index (χ0v) is 18.9. The summed E-state index contributed by atoms with van der Waals surface area (Å²) in [6.45, 7) is 7.14. The summed E-state index contributed by atoms with van der Waals surface area (Å²) in [6, 6.07) is 0.0866. The van der Waals surface area contributed by atoms with Gasteiger partial charge in [0.2, 0.25) is 0 Å². The Morgan fingerprint density at radius 2 is 1.90 bits per heavy atom. The molecule has 0 aromatic carbocycles. The highest BCUT2D eigenvalue weighted by atomic mass is 32.1. The van der Waals surface area contributed by atoms with Gasteiger partial charge in [-0.25, -0.2) is 9.78 Å². The van der Waals surface area contributed by atoms with E-state index in [2.05, 4.69) is 17.2 Å². The molecule has 4 aliphatic carbocycles. The van der Waals surface area contributed by atoms with E-state index in [1.807, 2.05) is 0 Å². The Morgan fingerprint density at radius 3 is 2.50 bits per heavy atom. The monoisotopic (exact) mass is 430 g/mol. The number of carbonyl (C=O) groups is 1. The van der Waals surface area contributed by atoms with E-state index in [0.29, 0.717) is 38.5 Å². The molecule has 30 heavy (non-hydrogen) atoms. The first-order valence-corrected chi connectivity index (χ1v) is 12.2. The fourth-order valence-corrected chi connectivity index (χ4v) is 7.93. The van der Waals surface area contributed by atoms with Gasteiger partial charge in [-0.2, -0.15) is 0 Å². The first-order valence-electron chi connectivity index (χ1n) is 11.4. The van der Waals surface area contributed by atoms with Crippen LogP contribution in [0.25, 0.3) is 10.2 Å². The minimum Gasteiger partial charge on any atom is -0.462 e. The highest BCUT2D eigenvalue weighted by Gasteiger charge is 2.51. The average Bonchev–Trinajstić information content (AvgIpc) is 3.02. The van der Waals surface area contributed by atoms with Crippen molar-refractivity contribution in [3.05, 3.63) is 26.6 Å². The molecular formula is C23H32N3O3S+. The lowest BCUT2D eigenvalue weighted by atomic mass is 9.49. The Morgan fingerprint density at radius 1 is 1.27 bits per heavy atom. The van der Waals surface area contributed by atoms with Crippen molar-refractivity contribution in [1.82, 2.24) is 9.97 Å². The van der Waals surface area contributed by atoms with Gasteiger partial charge in [0, 0.05) is 5.41 Å². The standard InChI is InChI=1S/C23H31N3O3S/c1-4-29-22(28)18-12(2)17-20(27)25-19(26-21(17)30-18)13(3)24-11-23-8-14-5-15(9-23)7-16(6-14)10-23/h13-16,24H,4-11H2,1-3H3,(H,25,26,27)/p+1/t13-,14?,15?,16?,23?/m1/s1. The number of aromatic amines is 1. The Labute approximate surface area is 180 Å². The third-order valence-corrected chi connectivity index (χ3v) is 8.95. The van der Waals surface area contributed by atoms with Crippen molar-refractivity contribution in [3.8, 4) is 0 Å². The Hall–Kier alpha value is -1.73. The van der Waals surface area contributed by atoms with Crippen LogP contribution in [-0.4, -0.2) is 29.1 Å². The van der Waals surface area contributed by atoms with Crippen LogP contribution in [0.2, 0.25) is 0 Å². The second kappa shape index (κ2) is 7.45. The third kappa shape index (κ3) is 3.40. The van der Waals surface area contributed by atoms with Crippen molar-refractivity contribution >= 4 is 27.5 Å². The zero-order valence-electron chi connectivity index (χ0n) is 18.1. The lowest BCUT2D eigenvalue weighted by Gasteiger charge is -2.56. The SMILES string of the molecule is CCOC(=O)c1sc2nc([C@@H](C)[NH2+]CC34CC5CC(CC(C5)C3)C4)[nH]c(=O)c2c1C. The number of nitrogens with two attached hydrogens (primary N) is 1. The van der Waals surface area contributed by atoms with Gasteiger partial charge in [-0.3, -0.25) is 4.79 Å². The molecule has 0 spiro atoms. The Kier molecular flexibility index (Phi) is 5.01. The smallest absolute Gasteiger partial charge is 0.348 e. The fourth-order valence-electron chi connectivity index (χ4n) is 6.85. The molecule has 0 aliphatic heterocycles. The molecule has 6 nitrogen and oxygen atoms in total. The lowest BCUT2D eigenvalue weighted by molar-refractivity contribution is -0.706. The number of fused-ring (bicyclic) bond motifs is 1. The molecular weight excluding hydrogens is 398 g/mol. The quantitative estimate of drug-likeness (QED) is 0.688. The van der Waals surface area contributed by atoms with Gasteiger partial charge in [0.1, 0.15) is 15.7 Å². The van der Waals surface area contributed by atoms with Crippen molar-refractivity contribution in [2.75, 3.05) is 13.2 Å². The molecule has 4 aliphatic rings. The van der Waals surface area contributed by atoms with Gasteiger partial charge in [-0.05, 0) is 82.6 Å². The van der Waals surface area contributed by atoms with E-state index in [9.17, 15) is 9.59 Å². The van der Waals surface area contributed by atoms with E-state index in [0.717, 1.165) is 24.3 Å². The molecule has 2 aromatic rings. The highest BCUT2D eigenvalue weighted by Crippen LogP contribution is 2.59. The molecule has 162 valence electrons. The molecule has 0 amide bonds. The first kappa shape index (κ1) is 20.2. The van der Waals surface area contributed by atoms with Crippen LogP contribution in [0.1, 0.15) is 79.5 Å². The summed E-state index contributed by atoms with van der Waals surface area (Å²) in [4.78, 5) is 33.9. The molecule has 2 heterocycles. The van der Waals surface area contributed by atoms with E-state index in [1.165, 1.54) is 49.9 Å². The number of nitrogens with zero attached hydrogens (tertiary/aromatic N) is 1. The van der Waals surface area contributed by atoms with Gasteiger partial charge in [0.25, 0.3) is 5.56 Å². The zero-order chi connectivity index (χ0) is 21.0. The molecule has 0 radical (unpaired) electrons. The number of aryl methyl sites for hydroxylation is 1. The molecule has 4 bridgehead atoms. The highest BCUT2D eigenvalue weighted by molar-refractivity contribution is 7.20. The number of carbonyl (C=O) groups excluding carboxylic acids is 1. The minimum absolute atomic E-state index is 0.0866. The van der Waals surface area contributed by atoms with Crippen LogP contribution in [-0.2, 0) is 4.74 Å². The van der Waals surface area contributed by atoms with Crippen LogP contribution in [0.15, 0.2) is 4.79 Å². The number of aromatic nitrogens is 2. The van der Waals surface area contributed by atoms with Gasteiger partial charge in [-0.15, -0.1) is 11.3 Å². The number of hydrogen-bond acceptors (Lipinski definition) is 5. The molecule has 6 rings (SSSR count). The minimum atomic E-state index is -0.375. The third-order valence-electron chi connectivity index (χ3n) is 7.78.